The zero-order chi connectivity index (χ0) is 18.5. The average Bonchev–Trinajstić information content (AvgIpc) is 3.00. The van der Waals surface area contributed by atoms with E-state index in [9.17, 15) is 10.1 Å². The third kappa shape index (κ3) is 3.27. The van der Waals surface area contributed by atoms with E-state index in [2.05, 4.69) is 22.9 Å². The largest absolute Gasteiger partial charge is 0.449 e. The number of aromatic nitrogens is 1. The minimum absolute atomic E-state index is 0.383. The molecule has 0 fully saturated rings. The molecule has 1 heterocycles. The lowest BCUT2D eigenvalue weighted by atomic mass is 10.1. The zero-order valence-electron chi connectivity index (χ0n) is 15.0. The van der Waals surface area contributed by atoms with E-state index < -0.39 is 6.09 Å². The molecule has 26 heavy (non-hydrogen) atoms. The van der Waals surface area contributed by atoms with Crippen molar-refractivity contribution in [3.8, 4) is 17.3 Å². The van der Waals surface area contributed by atoms with Crippen LogP contribution in [-0.4, -0.2) is 17.3 Å². The Morgan fingerprint density at radius 3 is 2.73 bits per heavy atom. The Balaban J connectivity index is 2.06. The number of nitrogens with zero attached hydrogens (tertiary/aromatic N) is 2. The van der Waals surface area contributed by atoms with Crippen LogP contribution in [0.3, 0.4) is 0 Å². The molecule has 1 aromatic heterocycles. The molecule has 1 amide bonds. The average molecular weight is 347 g/mol. The summed E-state index contributed by atoms with van der Waals surface area (Å²) >= 11 is 0. The number of hydrogen-bond acceptors (Lipinski definition) is 3. The summed E-state index contributed by atoms with van der Waals surface area (Å²) in [6, 6.07) is 17.7. The minimum Gasteiger partial charge on any atom is -0.449 e. The molecule has 0 aliphatic carbocycles. The number of rotatable bonds is 5. The number of para-hydroxylation sites is 1. The summed E-state index contributed by atoms with van der Waals surface area (Å²) < 4.78 is 7.20. The van der Waals surface area contributed by atoms with Gasteiger partial charge in [-0.2, -0.15) is 5.26 Å². The molecule has 0 aliphatic heterocycles. The van der Waals surface area contributed by atoms with Crippen molar-refractivity contribution in [3.63, 3.8) is 0 Å². The highest BCUT2D eigenvalue weighted by atomic mass is 16.5. The maximum atomic E-state index is 11.8. The summed E-state index contributed by atoms with van der Waals surface area (Å²) in [6.45, 7) is 5.13. The van der Waals surface area contributed by atoms with Gasteiger partial charge in [0.2, 0.25) is 0 Å². The number of amides is 1. The van der Waals surface area contributed by atoms with Crippen LogP contribution in [0, 0.1) is 11.3 Å². The van der Waals surface area contributed by atoms with Gasteiger partial charge in [-0.15, -0.1) is 0 Å². The van der Waals surface area contributed by atoms with Crippen LogP contribution < -0.4 is 5.32 Å². The fraction of sp³-hybridized carbons (Fsp3) is 0.238. The number of aryl methyl sites for hydroxylation is 1. The molecule has 0 radical (unpaired) electrons. The molecule has 5 nitrogen and oxygen atoms in total. The summed E-state index contributed by atoms with van der Waals surface area (Å²) in [6.07, 6.45) is 0.302. The summed E-state index contributed by atoms with van der Waals surface area (Å²) in [7, 11) is 0. The molecule has 0 unspecified atom stereocenters. The second-order valence-corrected chi connectivity index (χ2v) is 5.94. The lowest BCUT2D eigenvalue weighted by Crippen LogP contribution is -2.14. The number of nitrogens with one attached hydrogen (secondary N) is 1. The fourth-order valence-corrected chi connectivity index (χ4v) is 3.14. The predicted molar refractivity (Wildman–Crippen MR) is 103 cm³/mol. The van der Waals surface area contributed by atoms with Crippen LogP contribution in [0.2, 0.25) is 0 Å². The van der Waals surface area contributed by atoms with E-state index in [0.29, 0.717) is 17.9 Å². The number of ether oxygens (including phenoxy) is 1. The summed E-state index contributed by atoms with van der Waals surface area (Å²) in [5, 5.41) is 13.4. The number of hydrogen-bond donors (Lipinski definition) is 1. The molecule has 0 saturated heterocycles. The van der Waals surface area contributed by atoms with E-state index in [1.807, 2.05) is 55.5 Å². The Morgan fingerprint density at radius 1 is 1.19 bits per heavy atom. The van der Waals surface area contributed by atoms with E-state index in [4.69, 9.17) is 4.74 Å². The Bertz CT molecular complexity index is 983. The summed E-state index contributed by atoms with van der Waals surface area (Å²) in [5.41, 5.74) is 4.06. The molecular weight excluding hydrogens is 326 g/mol. The summed E-state index contributed by atoms with van der Waals surface area (Å²) in [4.78, 5) is 11.8. The van der Waals surface area contributed by atoms with Crippen molar-refractivity contribution in [1.82, 2.24) is 4.57 Å². The van der Waals surface area contributed by atoms with Crippen molar-refractivity contribution in [3.05, 3.63) is 54.1 Å². The van der Waals surface area contributed by atoms with Crippen LogP contribution in [0.25, 0.3) is 22.2 Å². The SMILES string of the molecule is CCCOC(=O)Nc1cccc(-c2c(C#N)c3ccccc3n2CC)c1. The Morgan fingerprint density at radius 2 is 2.00 bits per heavy atom. The van der Waals surface area contributed by atoms with E-state index in [1.54, 1.807) is 0 Å². The quantitative estimate of drug-likeness (QED) is 0.693. The van der Waals surface area contributed by atoms with Gasteiger partial charge in [0.1, 0.15) is 6.07 Å². The van der Waals surface area contributed by atoms with Gasteiger partial charge >= 0.3 is 6.09 Å². The molecule has 2 aromatic carbocycles. The highest BCUT2D eigenvalue weighted by Gasteiger charge is 2.18. The molecule has 3 rings (SSSR count). The van der Waals surface area contributed by atoms with Crippen molar-refractivity contribution >= 4 is 22.7 Å². The number of benzene rings is 2. The number of anilines is 1. The smallest absolute Gasteiger partial charge is 0.411 e. The van der Waals surface area contributed by atoms with Crippen molar-refractivity contribution in [1.29, 1.82) is 5.26 Å². The Hall–Kier alpha value is -3.26. The lowest BCUT2D eigenvalue weighted by molar-refractivity contribution is 0.161. The number of carbonyl (C=O) groups is 1. The van der Waals surface area contributed by atoms with E-state index >= 15 is 0 Å². The van der Waals surface area contributed by atoms with Gasteiger partial charge in [0, 0.05) is 28.7 Å². The fourth-order valence-electron chi connectivity index (χ4n) is 3.14. The number of fused-ring (bicyclic) bond motifs is 1. The molecule has 0 saturated carbocycles. The third-order valence-corrected chi connectivity index (χ3v) is 4.22. The van der Waals surface area contributed by atoms with Gasteiger partial charge in [0.25, 0.3) is 0 Å². The van der Waals surface area contributed by atoms with Gasteiger partial charge in [-0.3, -0.25) is 5.32 Å². The normalized spacial score (nSPS) is 10.5. The first-order chi connectivity index (χ1) is 12.7. The van der Waals surface area contributed by atoms with Crippen LogP contribution in [0.5, 0.6) is 0 Å². The van der Waals surface area contributed by atoms with Gasteiger partial charge in [0.05, 0.1) is 17.9 Å². The highest BCUT2D eigenvalue weighted by molar-refractivity contribution is 5.95. The molecule has 0 atom stereocenters. The van der Waals surface area contributed by atoms with Crippen LogP contribution >= 0.6 is 0 Å². The van der Waals surface area contributed by atoms with E-state index in [0.717, 1.165) is 35.1 Å². The Labute approximate surface area is 152 Å². The minimum atomic E-state index is -0.472. The van der Waals surface area contributed by atoms with Crippen molar-refractivity contribution in [2.45, 2.75) is 26.8 Å². The maximum absolute atomic E-state index is 11.8. The topological polar surface area (TPSA) is 67.0 Å². The second kappa shape index (κ2) is 7.75. The predicted octanol–water partition coefficient (Wildman–Crippen LogP) is 5.16. The standard InChI is InChI=1S/C21H21N3O2/c1-3-12-26-21(25)23-16-9-7-8-15(13-16)20-18(14-22)17-10-5-6-11-19(17)24(20)4-2/h5-11,13H,3-4,12H2,1-2H3,(H,23,25). The maximum Gasteiger partial charge on any atom is 0.411 e. The Kier molecular flexibility index (Phi) is 5.23. The molecular formula is C21H21N3O2. The lowest BCUT2D eigenvalue weighted by Gasteiger charge is -2.11. The molecule has 0 bridgehead atoms. The monoisotopic (exact) mass is 347 g/mol. The van der Waals surface area contributed by atoms with Gasteiger partial charge in [-0.1, -0.05) is 37.3 Å². The first kappa shape index (κ1) is 17.6. The number of carbonyl (C=O) groups excluding carboxylic acids is 1. The van der Waals surface area contributed by atoms with Crippen LogP contribution in [-0.2, 0) is 11.3 Å². The van der Waals surface area contributed by atoms with Crippen molar-refractivity contribution in [2.75, 3.05) is 11.9 Å². The van der Waals surface area contributed by atoms with Gasteiger partial charge in [-0.05, 0) is 31.5 Å². The van der Waals surface area contributed by atoms with E-state index in [-0.39, 0.29) is 0 Å². The second-order valence-electron chi connectivity index (χ2n) is 5.94. The zero-order valence-corrected chi connectivity index (χ0v) is 15.0. The molecule has 0 spiro atoms. The van der Waals surface area contributed by atoms with Crippen LogP contribution in [0.1, 0.15) is 25.8 Å². The van der Waals surface area contributed by atoms with Crippen molar-refractivity contribution < 1.29 is 9.53 Å². The molecule has 0 aliphatic rings. The van der Waals surface area contributed by atoms with Crippen LogP contribution in [0.15, 0.2) is 48.5 Å². The first-order valence-electron chi connectivity index (χ1n) is 8.75. The summed E-state index contributed by atoms with van der Waals surface area (Å²) in [5.74, 6) is 0. The van der Waals surface area contributed by atoms with Gasteiger partial charge in [-0.25, -0.2) is 4.79 Å². The molecule has 5 heteroatoms. The first-order valence-corrected chi connectivity index (χ1v) is 8.75. The van der Waals surface area contributed by atoms with Crippen LogP contribution in [0.4, 0.5) is 10.5 Å². The highest BCUT2D eigenvalue weighted by Crippen LogP contribution is 2.34. The third-order valence-electron chi connectivity index (χ3n) is 4.22. The van der Waals surface area contributed by atoms with E-state index in [1.165, 1.54) is 0 Å². The number of nitriles is 1. The molecule has 132 valence electrons. The molecule has 3 aromatic rings. The van der Waals surface area contributed by atoms with Gasteiger partial charge < -0.3 is 9.30 Å². The van der Waals surface area contributed by atoms with Crippen molar-refractivity contribution in [2.24, 2.45) is 0 Å². The van der Waals surface area contributed by atoms with Gasteiger partial charge in [0.15, 0.2) is 0 Å². The molecule has 1 N–H and O–H groups in total.